The predicted molar refractivity (Wildman–Crippen MR) is 96.1 cm³/mol. The van der Waals surface area contributed by atoms with E-state index in [-0.39, 0.29) is 40.6 Å². The summed E-state index contributed by atoms with van der Waals surface area (Å²) in [6.45, 7) is 4.62. The molecule has 9 heteroatoms. The molecule has 0 unspecified atom stereocenters. The van der Waals surface area contributed by atoms with Crippen LogP contribution in [0.5, 0.6) is 0 Å². The first-order chi connectivity index (χ1) is 12.2. The molecule has 0 aliphatic carbocycles. The first-order valence-corrected chi connectivity index (χ1v) is 9.61. The van der Waals surface area contributed by atoms with Gasteiger partial charge < -0.3 is 25.3 Å². The molecule has 3 aliphatic rings. The highest BCUT2D eigenvalue weighted by Crippen LogP contribution is 2.52. The number of carbonyl (C=O) groups excluding carboxylic acids is 2. The summed E-state index contributed by atoms with van der Waals surface area (Å²) < 4.78 is 0. The minimum atomic E-state index is -1.14. The summed E-state index contributed by atoms with van der Waals surface area (Å²) >= 11 is 1.39. The van der Waals surface area contributed by atoms with Gasteiger partial charge in [0.15, 0.2) is 0 Å². The van der Waals surface area contributed by atoms with Gasteiger partial charge in [-0.2, -0.15) is 0 Å². The van der Waals surface area contributed by atoms with E-state index in [4.69, 9.17) is 0 Å². The summed E-state index contributed by atoms with van der Waals surface area (Å²) in [4.78, 5) is 40.1. The molecule has 2 saturated heterocycles. The summed E-state index contributed by atoms with van der Waals surface area (Å²) in [5.41, 5.74) is 0.0114. The van der Waals surface area contributed by atoms with E-state index in [1.54, 1.807) is 25.9 Å². The van der Waals surface area contributed by atoms with Crippen LogP contribution >= 0.6 is 11.8 Å². The fraction of sp³-hybridized carbons (Fsp3) is 0.706. The van der Waals surface area contributed by atoms with Crippen molar-refractivity contribution in [3.63, 3.8) is 0 Å². The molecule has 0 aromatic heterocycles. The fourth-order valence-corrected chi connectivity index (χ4v) is 5.75. The molecule has 3 rings (SSSR count). The molecule has 2 fully saturated rings. The summed E-state index contributed by atoms with van der Waals surface area (Å²) in [6.07, 6.45) is -0.818. The van der Waals surface area contributed by atoms with E-state index in [2.05, 4.69) is 5.32 Å². The summed E-state index contributed by atoms with van der Waals surface area (Å²) in [6, 6.07) is -0.325. The number of hydrogen-bond donors (Lipinski definition) is 3. The number of aliphatic carboxylic acids is 1. The zero-order chi connectivity index (χ0) is 19.3. The second-order valence-electron chi connectivity index (χ2n) is 7.43. The average molecular weight is 383 g/mol. The fourth-order valence-electron chi connectivity index (χ4n) is 4.20. The number of nitrogens with zero attached hydrogens (tertiary/aromatic N) is 2. The third-order valence-corrected chi connectivity index (χ3v) is 7.12. The smallest absolute Gasteiger partial charge is 0.353 e. The normalized spacial score (nSPS) is 34.6. The number of β-lactam (4-membered cyclic amide) rings is 1. The van der Waals surface area contributed by atoms with Crippen LogP contribution in [0.2, 0.25) is 0 Å². The molecule has 2 amide bonds. The van der Waals surface area contributed by atoms with Crippen molar-refractivity contribution in [3.05, 3.63) is 10.6 Å². The molecule has 0 saturated carbocycles. The van der Waals surface area contributed by atoms with Gasteiger partial charge in [0.1, 0.15) is 5.70 Å². The maximum absolute atomic E-state index is 12.4. The number of aliphatic hydroxyl groups excluding tert-OH is 1. The van der Waals surface area contributed by atoms with Crippen LogP contribution < -0.4 is 5.32 Å². The van der Waals surface area contributed by atoms with Crippen LogP contribution in [-0.2, 0) is 14.4 Å². The van der Waals surface area contributed by atoms with Gasteiger partial charge in [-0.1, -0.05) is 6.92 Å². The topological polar surface area (TPSA) is 110 Å². The lowest BCUT2D eigenvalue weighted by molar-refractivity contribution is -0.163. The number of rotatable bonds is 5. The quantitative estimate of drug-likeness (QED) is 0.552. The third kappa shape index (κ3) is 2.82. The number of carboxylic acids is 1. The Morgan fingerprint density at radius 3 is 2.54 bits per heavy atom. The van der Waals surface area contributed by atoms with Gasteiger partial charge >= 0.3 is 5.97 Å². The molecule has 3 aliphatic heterocycles. The first kappa shape index (κ1) is 19.2. The maximum Gasteiger partial charge on any atom is 0.353 e. The first-order valence-electron chi connectivity index (χ1n) is 8.74. The minimum absolute atomic E-state index is 0.0110. The van der Waals surface area contributed by atoms with E-state index in [1.807, 2.05) is 6.92 Å². The Morgan fingerprint density at radius 2 is 2.00 bits per heavy atom. The van der Waals surface area contributed by atoms with E-state index in [0.29, 0.717) is 18.0 Å². The number of fused-ring (bicyclic) bond motifs is 1. The average Bonchev–Trinajstić information content (AvgIpc) is 3.09. The molecule has 0 spiro atoms. The second-order valence-corrected chi connectivity index (χ2v) is 8.71. The largest absolute Gasteiger partial charge is 0.477 e. The molecular weight excluding hydrogens is 358 g/mol. The van der Waals surface area contributed by atoms with Crippen LogP contribution in [0.25, 0.3) is 0 Å². The van der Waals surface area contributed by atoms with Gasteiger partial charge in [0.25, 0.3) is 0 Å². The summed E-state index contributed by atoms with van der Waals surface area (Å²) in [7, 11) is 3.42. The maximum atomic E-state index is 12.4. The number of hydrogen-bond acceptors (Lipinski definition) is 6. The number of carboxylic acid groups (broad SMARTS) is 1. The molecule has 26 heavy (non-hydrogen) atoms. The van der Waals surface area contributed by atoms with Gasteiger partial charge in [-0.05, 0) is 6.92 Å². The van der Waals surface area contributed by atoms with Gasteiger partial charge in [0.05, 0.1) is 24.0 Å². The van der Waals surface area contributed by atoms with Crippen molar-refractivity contribution in [2.75, 3.05) is 27.2 Å². The molecule has 144 valence electrons. The number of amides is 2. The third-order valence-electron chi connectivity index (χ3n) is 5.51. The molecule has 8 nitrogen and oxygen atoms in total. The Hall–Kier alpha value is -1.58. The molecule has 0 radical (unpaired) electrons. The molecule has 3 heterocycles. The van der Waals surface area contributed by atoms with Crippen molar-refractivity contribution in [1.82, 2.24) is 15.1 Å². The van der Waals surface area contributed by atoms with Crippen LogP contribution in [0.1, 0.15) is 13.8 Å². The zero-order valence-corrected chi connectivity index (χ0v) is 16.1. The van der Waals surface area contributed by atoms with Gasteiger partial charge in [-0.3, -0.25) is 9.59 Å². The van der Waals surface area contributed by atoms with Crippen molar-refractivity contribution >= 4 is 29.5 Å². The highest BCUT2D eigenvalue weighted by atomic mass is 32.2. The van der Waals surface area contributed by atoms with E-state index in [9.17, 15) is 24.6 Å². The Morgan fingerprint density at radius 1 is 1.35 bits per heavy atom. The van der Waals surface area contributed by atoms with Gasteiger partial charge in [-0.15, -0.1) is 11.8 Å². The van der Waals surface area contributed by atoms with Crippen LogP contribution in [0.3, 0.4) is 0 Å². The number of aliphatic hydroxyl groups is 1. The van der Waals surface area contributed by atoms with E-state index < -0.39 is 18.0 Å². The van der Waals surface area contributed by atoms with Crippen molar-refractivity contribution in [1.29, 1.82) is 0 Å². The number of carbonyl (C=O) groups is 3. The van der Waals surface area contributed by atoms with E-state index in [1.165, 1.54) is 16.7 Å². The Balaban J connectivity index is 1.88. The van der Waals surface area contributed by atoms with Crippen LogP contribution in [-0.4, -0.2) is 82.4 Å². The second kappa shape index (κ2) is 6.86. The Labute approximate surface area is 156 Å². The highest BCUT2D eigenvalue weighted by molar-refractivity contribution is 8.03. The highest BCUT2D eigenvalue weighted by Gasteiger charge is 2.60. The van der Waals surface area contributed by atoms with E-state index in [0.717, 1.165) is 0 Å². The SMILES string of the molecule is C[C@@H](O)[C@H]1C(=O)N2C(C(=O)O)=C(S[C@@H]3CNC[C@@H]3C(=O)N(C)C)[C@H](C)[C@H]12. The minimum Gasteiger partial charge on any atom is -0.477 e. The van der Waals surface area contributed by atoms with Crippen molar-refractivity contribution in [2.45, 2.75) is 31.2 Å². The summed E-state index contributed by atoms with van der Waals surface area (Å²) in [5.74, 6) is -2.45. The lowest BCUT2D eigenvalue weighted by Crippen LogP contribution is -2.63. The van der Waals surface area contributed by atoms with Gasteiger partial charge in [0.2, 0.25) is 11.8 Å². The number of thioether (sulfide) groups is 1. The molecule has 6 atom stereocenters. The monoisotopic (exact) mass is 383 g/mol. The molecule has 0 aromatic carbocycles. The summed E-state index contributed by atoms with van der Waals surface area (Å²) in [5, 5.41) is 22.7. The molecule has 0 bridgehead atoms. The Kier molecular flexibility index (Phi) is 5.06. The van der Waals surface area contributed by atoms with Crippen molar-refractivity contribution in [2.24, 2.45) is 17.8 Å². The van der Waals surface area contributed by atoms with Crippen LogP contribution in [0.4, 0.5) is 0 Å². The lowest BCUT2D eigenvalue weighted by atomic mass is 9.79. The molecule has 3 N–H and O–H groups in total. The van der Waals surface area contributed by atoms with Crippen molar-refractivity contribution < 1.29 is 24.6 Å². The molecule has 0 aromatic rings. The van der Waals surface area contributed by atoms with Gasteiger partial charge in [-0.25, -0.2) is 4.79 Å². The van der Waals surface area contributed by atoms with Gasteiger partial charge in [0, 0.05) is 43.3 Å². The zero-order valence-electron chi connectivity index (χ0n) is 15.3. The predicted octanol–water partition coefficient (Wildman–Crippen LogP) is -0.450. The van der Waals surface area contributed by atoms with Crippen LogP contribution in [0.15, 0.2) is 10.6 Å². The van der Waals surface area contributed by atoms with Crippen LogP contribution in [0, 0.1) is 17.8 Å². The number of nitrogens with one attached hydrogen (secondary N) is 1. The molecular formula is C17H25N3O5S. The van der Waals surface area contributed by atoms with Crippen molar-refractivity contribution in [3.8, 4) is 0 Å². The van der Waals surface area contributed by atoms with E-state index >= 15 is 0 Å². The lowest BCUT2D eigenvalue weighted by Gasteiger charge is -2.46. The standard InChI is InChI=1S/C17H25N3O5S/c1-7-12-11(8(2)21)16(23)20(12)13(17(24)25)14(7)26-10-6-18-5-9(10)15(22)19(3)4/h7-12,18,21H,5-6H2,1-4H3,(H,24,25)/t7-,8-,9+,10-,11-,12-/m1/s1. The Bertz CT molecular complexity index is 677.